The molecule has 1 heterocycles. The number of benzene rings is 1. The third-order valence-corrected chi connectivity index (χ3v) is 3.18. The lowest BCUT2D eigenvalue weighted by atomic mass is 9.98. The van der Waals surface area contributed by atoms with Crippen LogP contribution in [0.15, 0.2) is 30.5 Å². The van der Waals surface area contributed by atoms with Gasteiger partial charge in [0, 0.05) is 24.9 Å². The molecule has 94 valence electrons. The fourth-order valence-corrected chi connectivity index (χ4v) is 2.39. The normalized spacial score (nSPS) is 17.1. The molecule has 2 aromatic rings. The maximum absolute atomic E-state index is 7.56. The molecular weight excluding hydrogens is 218 g/mol. The second kappa shape index (κ2) is 4.93. The Bertz CT molecular complexity index is 736. The zero-order chi connectivity index (χ0) is 18.3. The van der Waals surface area contributed by atoms with Crippen LogP contribution in [0.25, 0.3) is 11.3 Å². The van der Waals surface area contributed by atoms with Crippen molar-refractivity contribution >= 4 is 0 Å². The lowest BCUT2D eigenvalue weighted by Gasteiger charge is -2.09. The van der Waals surface area contributed by atoms with Crippen molar-refractivity contribution in [2.45, 2.75) is 34.0 Å². The lowest BCUT2D eigenvalue weighted by Crippen LogP contribution is -2.32. The molecule has 1 aromatic carbocycles. The molecule has 0 saturated carbocycles. The molecular formula is C17H22N+. The third-order valence-electron chi connectivity index (χ3n) is 3.18. The number of aryl methyl sites for hydroxylation is 5. The van der Waals surface area contributed by atoms with E-state index < -0.39 is 13.7 Å². The summed E-state index contributed by atoms with van der Waals surface area (Å²) in [6.07, 6.45) is 1.67. The molecule has 1 aromatic heterocycles. The summed E-state index contributed by atoms with van der Waals surface area (Å²) in [4.78, 5) is 0. The van der Waals surface area contributed by atoms with Gasteiger partial charge in [0.15, 0.2) is 6.20 Å². The minimum atomic E-state index is -2.14. The summed E-state index contributed by atoms with van der Waals surface area (Å²) in [5.41, 5.74) is 4.83. The Morgan fingerprint density at radius 2 is 2.00 bits per heavy atom. The van der Waals surface area contributed by atoms with Gasteiger partial charge < -0.3 is 0 Å². The van der Waals surface area contributed by atoms with Crippen LogP contribution in [0.2, 0.25) is 0 Å². The summed E-state index contributed by atoms with van der Waals surface area (Å²) in [6, 6.07) is 7.32. The highest BCUT2D eigenvalue weighted by Crippen LogP contribution is 2.24. The second-order valence-electron chi connectivity index (χ2n) is 4.70. The Morgan fingerprint density at radius 1 is 1.17 bits per heavy atom. The van der Waals surface area contributed by atoms with Crippen LogP contribution in [0, 0.1) is 20.7 Å². The molecule has 0 spiro atoms. The van der Waals surface area contributed by atoms with Gasteiger partial charge in [-0.3, -0.25) is 0 Å². The summed E-state index contributed by atoms with van der Waals surface area (Å²) in [7, 11) is 1.83. The molecule has 1 heteroatoms. The Labute approximate surface area is 119 Å². The number of pyridine rings is 1. The molecule has 0 atom stereocenters. The molecule has 0 amide bonds. The van der Waals surface area contributed by atoms with E-state index in [9.17, 15) is 0 Å². The van der Waals surface area contributed by atoms with E-state index in [1.54, 1.807) is 12.3 Å². The molecule has 2 rings (SSSR count). The molecule has 1 nitrogen and oxygen atoms in total. The topological polar surface area (TPSA) is 3.88 Å². The van der Waals surface area contributed by atoms with Crippen molar-refractivity contribution < 1.29 is 12.8 Å². The Balaban J connectivity index is 2.49. The zero-order valence-electron chi connectivity index (χ0n) is 17.0. The first-order chi connectivity index (χ1) is 10.9. The van der Waals surface area contributed by atoms with Gasteiger partial charge in [-0.1, -0.05) is 19.0 Å². The largest absolute Gasteiger partial charge is 0.215 e. The Kier molecular flexibility index (Phi) is 1.94. The third kappa shape index (κ3) is 2.31. The first-order valence-corrected chi connectivity index (χ1v) is 5.99. The molecule has 0 N–H and O–H groups in total. The predicted molar refractivity (Wildman–Crippen MR) is 76.6 cm³/mol. The van der Waals surface area contributed by atoms with Crippen LogP contribution < -0.4 is 4.57 Å². The lowest BCUT2D eigenvalue weighted by molar-refractivity contribution is -0.661. The highest BCUT2D eigenvalue weighted by atomic mass is 14.9. The summed E-state index contributed by atoms with van der Waals surface area (Å²) in [6.45, 7) is -0.300. The van der Waals surface area contributed by atoms with Gasteiger partial charge in [0.25, 0.3) is 0 Å². The summed E-state index contributed by atoms with van der Waals surface area (Å²) in [5.74, 6) is 0. The van der Waals surface area contributed by atoms with E-state index >= 15 is 0 Å². The molecule has 0 aliphatic rings. The number of rotatable bonds is 2. The minimum Gasteiger partial charge on any atom is -0.201 e. The van der Waals surface area contributed by atoms with Crippen molar-refractivity contribution in [1.29, 1.82) is 0 Å². The van der Waals surface area contributed by atoms with Crippen molar-refractivity contribution in [3.05, 3.63) is 52.7 Å². The first-order valence-electron chi connectivity index (χ1n) is 8.99. The van der Waals surface area contributed by atoms with Crippen molar-refractivity contribution in [2.75, 3.05) is 0 Å². The van der Waals surface area contributed by atoms with Crippen molar-refractivity contribution in [3.63, 3.8) is 0 Å². The zero-order valence-corrected chi connectivity index (χ0v) is 11.0. The molecule has 0 unspecified atom stereocenters. The Morgan fingerprint density at radius 3 is 2.61 bits per heavy atom. The monoisotopic (exact) mass is 246 g/mol. The first kappa shape index (κ1) is 7.08. The van der Waals surface area contributed by atoms with Gasteiger partial charge in [0.1, 0.15) is 7.05 Å². The van der Waals surface area contributed by atoms with Crippen LogP contribution in [0.3, 0.4) is 0 Å². The SMILES string of the molecule is [2H]C([2H])([2H])Cc1ccc(-c2c(C)cc(C([2H])([2H])[2H])c[n+]2C)c(C)c1. The minimum absolute atomic E-state index is 0.0389. The predicted octanol–water partition coefficient (Wildman–Crippen LogP) is 3.67. The molecule has 0 aliphatic carbocycles. The van der Waals surface area contributed by atoms with E-state index in [1.165, 1.54) is 0 Å². The molecule has 0 fully saturated rings. The van der Waals surface area contributed by atoms with Crippen molar-refractivity contribution in [3.8, 4) is 11.3 Å². The number of aromatic nitrogens is 1. The highest BCUT2D eigenvalue weighted by molar-refractivity contribution is 5.64. The second-order valence-corrected chi connectivity index (χ2v) is 4.70. The summed E-state index contributed by atoms with van der Waals surface area (Å²) < 4.78 is 46.7. The summed E-state index contributed by atoms with van der Waals surface area (Å²) >= 11 is 0. The fourth-order valence-electron chi connectivity index (χ4n) is 2.39. The van der Waals surface area contributed by atoms with Gasteiger partial charge in [-0.2, -0.15) is 0 Å². The molecule has 18 heavy (non-hydrogen) atoms. The highest BCUT2D eigenvalue weighted by Gasteiger charge is 2.16. The van der Waals surface area contributed by atoms with E-state index in [1.807, 2.05) is 43.7 Å². The van der Waals surface area contributed by atoms with Gasteiger partial charge >= 0.3 is 0 Å². The van der Waals surface area contributed by atoms with Crippen LogP contribution in [-0.2, 0) is 13.5 Å². The number of hydrogen-bond acceptors (Lipinski definition) is 0. The number of nitrogens with zero attached hydrogens (tertiary/aromatic N) is 1. The average Bonchev–Trinajstić information content (AvgIpc) is 2.37. The maximum atomic E-state index is 7.56. The molecule has 0 radical (unpaired) electrons. The molecule has 0 bridgehead atoms. The molecule has 0 saturated heterocycles. The van der Waals surface area contributed by atoms with Crippen molar-refractivity contribution in [2.24, 2.45) is 7.05 Å². The number of hydrogen-bond donors (Lipinski definition) is 0. The fraction of sp³-hybridized carbons (Fsp3) is 0.353. The standard InChI is InChI=1S/C17H22N/c1-6-15-7-8-16(13(3)10-15)17-14(4)9-12(2)11-18(17)5/h7-11H,6H2,1-5H3/q+1/i1D3,2D3. The molecule has 0 aliphatic heterocycles. The van der Waals surface area contributed by atoms with Crippen LogP contribution in [0.5, 0.6) is 0 Å². The van der Waals surface area contributed by atoms with Crippen molar-refractivity contribution in [1.82, 2.24) is 0 Å². The maximum Gasteiger partial charge on any atom is 0.215 e. The van der Waals surface area contributed by atoms with Gasteiger partial charge in [0.05, 0.1) is 0 Å². The van der Waals surface area contributed by atoms with E-state index in [-0.39, 0.29) is 6.42 Å². The average molecular weight is 246 g/mol. The van der Waals surface area contributed by atoms with E-state index in [2.05, 4.69) is 0 Å². The van der Waals surface area contributed by atoms with Crippen LogP contribution in [-0.4, -0.2) is 0 Å². The Hall–Kier alpha value is -1.63. The van der Waals surface area contributed by atoms with Gasteiger partial charge in [-0.25, -0.2) is 4.57 Å². The van der Waals surface area contributed by atoms with Gasteiger partial charge in [0.2, 0.25) is 5.69 Å². The summed E-state index contributed by atoms with van der Waals surface area (Å²) in [5, 5.41) is 0. The quantitative estimate of drug-likeness (QED) is 0.712. The van der Waals surface area contributed by atoms with Crippen LogP contribution >= 0.6 is 0 Å². The van der Waals surface area contributed by atoms with Gasteiger partial charge in [-0.15, -0.1) is 0 Å². The van der Waals surface area contributed by atoms with Gasteiger partial charge in [-0.05, 0) is 50.4 Å². The van der Waals surface area contributed by atoms with E-state index in [4.69, 9.17) is 8.22 Å². The van der Waals surface area contributed by atoms with E-state index in [0.717, 1.165) is 27.9 Å². The smallest absolute Gasteiger partial charge is 0.201 e. The van der Waals surface area contributed by atoms with Crippen LogP contribution in [0.1, 0.15) is 37.3 Å². The van der Waals surface area contributed by atoms with E-state index in [0.29, 0.717) is 5.56 Å². The van der Waals surface area contributed by atoms with Crippen LogP contribution in [0.4, 0.5) is 0 Å².